The van der Waals surface area contributed by atoms with E-state index in [2.05, 4.69) is 15.5 Å². The van der Waals surface area contributed by atoms with Crippen LogP contribution in [0.1, 0.15) is 74.7 Å². The van der Waals surface area contributed by atoms with Crippen LogP contribution in [0.2, 0.25) is 0 Å². The number of rotatable bonds is 4. The maximum atomic E-state index is 13.2. The van der Waals surface area contributed by atoms with Gasteiger partial charge in [-0.1, -0.05) is 18.9 Å². The van der Waals surface area contributed by atoms with Crippen LogP contribution in [0.5, 0.6) is 0 Å². The molecule has 1 aromatic carbocycles. The van der Waals surface area contributed by atoms with Crippen molar-refractivity contribution in [2.75, 3.05) is 0 Å². The molecule has 32 heavy (non-hydrogen) atoms. The molecule has 0 radical (unpaired) electrons. The number of alkyl carbamates (subject to hydrolysis) is 1. The van der Waals surface area contributed by atoms with Crippen LogP contribution in [0, 0.1) is 0 Å². The Hall–Kier alpha value is -3.04. The normalized spacial score (nSPS) is 21.1. The van der Waals surface area contributed by atoms with Crippen molar-refractivity contribution >= 4 is 12.0 Å². The Kier molecular flexibility index (Phi) is 5.87. The lowest BCUT2D eigenvalue weighted by Gasteiger charge is -2.38. The van der Waals surface area contributed by atoms with Gasteiger partial charge in [-0.15, -0.1) is 10.2 Å². The van der Waals surface area contributed by atoms with Crippen molar-refractivity contribution < 1.29 is 27.5 Å². The third-order valence-corrected chi connectivity index (χ3v) is 5.65. The Labute approximate surface area is 184 Å². The van der Waals surface area contributed by atoms with E-state index in [0.29, 0.717) is 17.7 Å². The average molecular weight is 448 g/mol. The van der Waals surface area contributed by atoms with E-state index in [4.69, 9.17) is 9.15 Å². The van der Waals surface area contributed by atoms with Crippen molar-refractivity contribution in [2.24, 2.45) is 0 Å². The van der Waals surface area contributed by atoms with E-state index in [1.54, 1.807) is 43.9 Å². The second kappa shape index (κ2) is 8.48. The number of alkyl halides is 2. The van der Waals surface area contributed by atoms with Crippen LogP contribution in [0.4, 0.5) is 13.6 Å². The molecular formula is C22H26F2N4O4. The molecule has 2 amide bonds. The Morgan fingerprint density at radius 3 is 2.69 bits per heavy atom. The fourth-order valence-electron chi connectivity index (χ4n) is 4.28. The third-order valence-electron chi connectivity index (χ3n) is 5.65. The molecule has 1 N–H and O–H groups in total. The molecule has 2 heterocycles. The van der Waals surface area contributed by atoms with Gasteiger partial charge in [0, 0.05) is 17.7 Å². The smallest absolute Gasteiger partial charge is 0.407 e. The van der Waals surface area contributed by atoms with Crippen molar-refractivity contribution in [2.45, 2.75) is 77.1 Å². The van der Waals surface area contributed by atoms with Gasteiger partial charge in [-0.25, -0.2) is 4.79 Å². The number of fused-ring (bicyclic) bond motifs is 1. The van der Waals surface area contributed by atoms with Gasteiger partial charge in [0.05, 0.1) is 12.1 Å². The van der Waals surface area contributed by atoms with E-state index in [1.807, 2.05) is 0 Å². The largest absolute Gasteiger partial charge is 0.444 e. The molecule has 8 nitrogen and oxygen atoms in total. The SMILES string of the molecule is CC(C)(C)OC(=O)N[C@H]1CCCC[C@H]1N1Cc2ccc(-c3nnc(C(F)F)o3)cc2C1=O. The first-order valence-electron chi connectivity index (χ1n) is 10.7. The maximum absolute atomic E-state index is 13.2. The lowest BCUT2D eigenvalue weighted by atomic mass is 9.89. The summed E-state index contributed by atoms with van der Waals surface area (Å²) in [6.07, 6.45) is 0.0959. The number of hydrogen-bond donors (Lipinski definition) is 1. The molecular weight excluding hydrogens is 422 g/mol. The van der Waals surface area contributed by atoms with Gasteiger partial charge in [0.15, 0.2) is 0 Å². The molecule has 172 valence electrons. The highest BCUT2D eigenvalue weighted by molar-refractivity contribution is 5.99. The van der Waals surface area contributed by atoms with E-state index in [9.17, 15) is 18.4 Å². The highest BCUT2D eigenvalue weighted by Crippen LogP contribution is 2.34. The Balaban J connectivity index is 1.52. The number of benzene rings is 1. The second-order valence-electron chi connectivity index (χ2n) is 9.16. The highest BCUT2D eigenvalue weighted by atomic mass is 19.3. The summed E-state index contributed by atoms with van der Waals surface area (Å²) in [4.78, 5) is 27.3. The van der Waals surface area contributed by atoms with E-state index < -0.39 is 24.0 Å². The van der Waals surface area contributed by atoms with Crippen LogP contribution in [-0.4, -0.2) is 44.8 Å². The minimum absolute atomic E-state index is 0.0588. The van der Waals surface area contributed by atoms with Gasteiger partial charge < -0.3 is 19.4 Å². The first kappa shape index (κ1) is 22.2. The molecule has 1 fully saturated rings. The molecule has 0 spiro atoms. The molecule has 1 aliphatic heterocycles. The number of hydrogen-bond acceptors (Lipinski definition) is 6. The third kappa shape index (κ3) is 4.58. The topological polar surface area (TPSA) is 97.6 Å². The number of ether oxygens (including phenoxy) is 1. The summed E-state index contributed by atoms with van der Waals surface area (Å²) in [5.74, 6) is -0.985. The second-order valence-corrected chi connectivity index (χ2v) is 9.16. The molecule has 2 aliphatic rings. The minimum Gasteiger partial charge on any atom is -0.444 e. The van der Waals surface area contributed by atoms with Crippen LogP contribution in [0.25, 0.3) is 11.5 Å². The zero-order valence-electron chi connectivity index (χ0n) is 18.2. The van der Waals surface area contributed by atoms with Crippen molar-refractivity contribution in [1.82, 2.24) is 20.4 Å². The van der Waals surface area contributed by atoms with E-state index in [0.717, 1.165) is 31.2 Å². The molecule has 1 aliphatic carbocycles. The summed E-state index contributed by atoms with van der Waals surface area (Å²) in [6.45, 7) is 5.82. The molecule has 0 unspecified atom stereocenters. The Morgan fingerprint density at radius 2 is 2.00 bits per heavy atom. The standard InChI is InChI=1S/C22H26F2N4O4/c1-22(2,3)32-21(30)25-15-6-4-5-7-16(15)28-11-13-9-8-12(10-14(13)20(28)29)18-26-27-19(31-18)17(23)24/h8-10,15-17H,4-7,11H2,1-3H3,(H,25,30)/t15-,16+/m0/s1. The summed E-state index contributed by atoms with van der Waals surface area (Å²) < 4.78 is 35.9. The molecule has 1 saturated carbocycles. The van der Waals surface area contributed by atoms with Crippen LogP contribution in [-0.2, 0) is 11.3 Å². The summed E-state index contributed by atoms with van der Waals surface area (Å²) in [6, 6.07) is 4.68. The molecule has 1 aromatic heterocycles. The number of amides is 2. The number of carbonyl (C=O) groups is 2. The Morgan fingerprint density at radius 1 is 1.25 bits per heavy atom. The van der Waals surface area contributed by atoms with Crippen molar-refractivity contribution in [3.8, 4) is 11.5 Å². The summed E-state index contributed by atoms with van der Waals surface area (Å²) in [5.41, 5.74) is 1.10. The van der Waals surface area contributed by atoms with E-state index in [1.165, 1.54) is 0 Å². The maximum Gasteiger partial charge on any atom is 0.407 e. The predicted molar refractivity (Wildman–Crippen MR) is 110 cm³/mol. The fraction of sp³-hybridized carbons (Fsp3) is 0.545. The van der Waals surface area contributed by atoms with Crippen molar-refractivity contribution in [3.05, 3.63) is 35.2 Å². The lowest BCUT2D eigenvalue weighted by Crippen LogP contribution is -2.54. The summed E-state index contributed by atoms with van der Waals surface area (Å²) in [7, 11) is 0. The van der Waals surface area contributed by atoms with E-state index in [-0.39, 0.29) is 23.9 Å². The number of carbonyl (C=O) groups excluding carboxylic acids is 2. The van der Waals surface area contributed by atoms with Gasteiger partial charge in [-0.05, 0) is 51.3 Å². The predicted octanol–water partition coefficient (Wildman–Crippen LogP) is 4.47. The van der Waals surface area contributed by atoms with Crippen LogP contribution in [0.15, 0.2) is 22.6 Å². The van der Waals surface area contributed by atoms with Gasteiger partial charge in [-0.2, -0.15) is 8.78 Å². The lowest BCUT2D eigenvalue weighted by molar-refractivity contribution is 0.0393. The number of nitrogens with zero attached hydrogens (tertiary/aromatic N) is 3. The van der Waals surface area contributed by atoms with Crippen LogP contribution >= 0.6 is 0 Å². The quantitative estimate of drug-likeness (QED) is 0.741. The van der Waals surface area contributed by atoms with Crippen LogP contribution in [0.3, 0.4) is 0 Å². The molecule has 0 saturated heterocycles. The molecule has 10 heteroatoms. The first-order valence-corrected chi connectivity index (χ1v) is 10.7. The average Bonchev–Trinajstić information content (AvgIpc) is 3.32. The van der Waals surface area contributed by atoms with Gasteiger partial charge in [0.1, 0.15) is 5.60 Å². The van der Waals surface area contributed by atoms with Gasteiger partial charge in [-0.3, -0.25) is 4.79 Å². The first-order chi connectivity index (χ1) is 15.1. The van der Waals surface area contributed by atoms with Crippen molar-refractivity contribution in [1.29, 1.82) is 0 Å². The van der Waals surface area contributed by atoms with Gasteiger partial charge >= 0.3 is 12.5 Å². The zero-order valence-corrected chi connectivity index (χ0v) is 18.2. The monoisotopic (exact) mass is 448 g/mol. The molecule has 2 aromatic rings. The number of aromatic nitrogens is 2. The zero-order chi connectivity index (χ0) is 23.0. The summed E-state index contributed by atoms with van der Waals surface area (Å²) in [5, 5.41) is 9.94. The van der Waals surface area contributed by atoms with Gasteiger partial charge in [0.25, 0.3) is 11.8 Å². The molecule has 4 rings (SSSR count). The summed E-state index contributed by atoms with van der Waals surface area (Å²) >= 11 is 0. The minimum atomic E-state index is -2.86. The van der Waals surface area contributed by atoms with E-state index >= 15 is 0 Å². The van der Waals surface area contributed by atoms with Crippen LogP contribution < -0.4 is 5.32 Å². The van der Waals surface area contributed by atoms with Crippen molar-refractivity contribution in [3.63, 3.8) is 0 Å². The molecule has 2 atom stereocenters. The van der Waals surface area contributed by atoms with Gasteiger partial charge in [0.2, 0.25) is 5.89 Å². The fourth-order valence-corrected chi connectivity index (χ4v) is 4.28. The molecule has 0 bridgehead atoms. The highest BCUT2D eigenvalue weighted by Gasteiger charge is 2.39. The number of nitrogens with one attached hydrogen (secondary N) is 1. The number of halogens is 2. The Bertz CT molecular complexity index is 1020.